The van der Waals surface area contributed by atoms with E-state index in [9.17, 15) is 4.79 Å². The van der Waals surface area contributed by atoms with Crippen molar-refractivity contribution in [1.29, 1.82) is 0 Å². The van der Waals surface area contributed by atoms with Crippen LogP contribution in [-0.2, 0) is 4.74 Å². The first-order chi connectivity index (χ1) is 6.24. The van der Waals surface area contributed by atoms with Crippen LogP contribution in [0.3, 0.4) is 0 Å². The van der Waals surface area contributed by atoms with E-state index < -0.39 is 12.1 Å². The Bertz CT molecular complexity index is 227. The Morgan fingerprint density at radius 1 is 1.77 bits per heavy atom. The minimum absolute atomic E-state index is 0.150. The molecule has 1 amide bonds. The summed E-state index contributed by atoms with van der Waals surface area (Å²) in [5.74, 6) is 0. The summed E-state index contributed by atoms with van der Waals surface area (Å²) in [6, 6.07) is -0.555. The van der Waals surface area contributed by atoms with Gasteiger partial charge in [0, 0.05) is 0 Å². The maximum Gasteiger partial charge on any atom is 0.411 e. The molecule has 13 heavy (non-hydrogen) atoms. The third-order valence-corrected chi connectivity index (χ3v) is 2.03. The van der Waals surface area contributed by atoms with Gasteiger partial charge in [-0.3, -0.25) is 4.90 Å². The second kappa shape index (κ2) is 4.09. The lowest BCUT2D eigenvalue weighted by Gasteiger charge is -2.24. The summed E-state index contributed by atoms with van der Waals surface area (Å²) in [7, 11) is 0. The van der Waals surface area contributed by atoms with Crippen LogP contribution in [0.4, 0.5) is 4.79 Å². The number of hydrogen-bond acceptors (Lipinski definition) is 3. The van der Waals surface area contributed by atoms with E-state index in [1.165, 1.54) is 11.0 Å². The summed E-state index contributed by atoms with van der Waals surface area (Å²) in [6.07, 6.45) is 2.71. The average Bonchev–Trinajstić information content (AvgIpc) is 2.51. The third-order valence-electron chi connectivity index (χ3n) is 2.03. The summed E-state index contributed by atoms with van der Waals surface area (Å²) in [5.41, 5.74) is 0. The lowest BCUT2D eigenvalue weighted by atomic mass is 10.2. The summed E-state index contributed by atoms with van der Waals surface area (Å²) >= 11 is 0. The molecule has 2 atom stereocenters. The fourth-order valence-electron chi connectivity index (χ4n) is 1.29. The Morgan fingerprint density at radius 2 is 2.46 bits per heavy atom. The molecule has 0 aliphatic carbocycles. The number of rotatable bonds is 4. The number of cyclic esters (lactones) is 1. The number of carbonyl (C=O) groups excluding carboxylic acids is 1. The number of aliphatic hydroxyl groups is 1. The van der Waals surface area contributed by atoms with Gasteiger partial charge in [0.1, 0.15) is 6.61 Å². The second-order valence-corrected chi connectivity index (χ2v) is 2.77. The zero-order chi connectivity index (χ0) is 9.84. The van der Waals surface area contributed by atoms with Gasteiger partial charge in [-0.1, -0.05) is 12.2 Å². The Kier molecular flexibility index (Phi) is 3.08. The van der Waals surface area contributed by atoms with Crippen LogP contribution in [-0.4, -0.2) is 41.4 Å². The molecule has 1 aliphatic rings. The van der Waals surface area contributed by atoms with Crippen molar-refractivity contribution in [2.45, 2.75) is 12.1 Å². The van der Waals surface area contributed by atoms with Gasteiger partial charge in [0.25, 0.3) is 0 Å². The Labute approximate surface area is 77.1 Å². The number of hydrogen-bond donors (Lipinski definition) is 1. The number of ether oxygens (including phenoxy) is 1. The van der Waals surface area contributed by atoms with E-state index in [0.717, 1.165) is 0 Å². The zero-order valence-corrected chi connectivity index (χ0v) is 7.35. The molecule has 4 heteroatoms. The molecule has 0 saturated carbocycles. The van der Waals surface area contributed by atoms with Crippen molar-refractivity contribution < 1.29 is 14.6 Å². The van der Waals surface area contributed by atoms with Gasteiger partial charge in [0.05, 0.1) is 18.7 Å². The average molecular weight is 183 g/mol. The van der Waals surface area contributed by atoms with Gasteiger partial charge >= 0.3 is 6.09 Å². The van der Waals surface area contributed by atoms with Crippen LogP contribution in [0.15, 0.2) is 25.3 Å². The molecule has 1 aliphatic heterocycles. The summed E-state index contributed by atoms with van der Waals surface area (Å²) in [5, 5.41) is 8.96. The van der Waals surface area contributed by atoms with Crippen LogP contribution in [0, 0.1) is 0 Å². The normalized spacial score (nSPS) is 23.9. The summed E-state index contributed by atoms with van der Waals surface area (Å²) in [6.45, 7) is 7.27. The molecule has 0 aromatic carbocycles. The molecule has 1 fully saturated rings. The predicted octanol–water partition coefficient (Wildman–Crippen LogP) is 0.540. The van der Waals surface area contributed by atoms with E-state index in [1.807, 2.05) is 0 Å². The SMILES string of the molecule is C=CC(CO)N1C(=O)OC[C@@H]1C=C. The molecule has 1 heterocycles. The molecule has 1 N–H and O–H groups in total. The summed E-state index contributed by atoms with van der Waals surface area (Å²) in [4.78, 5) is 12.6. The standard InChI is InChI=1S/C9H13NO3/c1-3-7(5-11)10-8(4-2)6-13-9(10)12/h3-4,7-8,11H,1-2,5-6H2/t7?,8-/m0/s1. The lowest BCUT2D eigenvalue weighted by molar-refractivity contribution is 0.135. The van der Waals surface area contributed by atoms with Crippen LogP contribution >= 0.6 is 0 Å². The fraction of sp³-hybridized carbons (Fsp3) is 0.444. The molecule has 0 aromatic heterocycles. The monoisotopic (exact) mass is 183 g/mol. The maximum absolute atomic E-state index is 11.2. The Balaban J connectivity index is 2.78. The van der Waals surface area contributed by atoms with Crippen LogP contribution < -0.4 is 0 Å². The van der Waals surface area contributed by atoms with Crippen molar-refractivity contribution in [3.8, 4) is 0 Å². The van der Waals surface area contributed by atoms with Gasteiger partial charge in [0.15, 0.2) is 0 Å². The van der Waals surface area contributed by atoms with Gasteiger partial charge in [-0.15, -0.1) is 13.2 Å². The highest BCUT2D eigenvalue weighted by Crippen LogP contribution is 2.17. The van der Waals surface area contributed by atoms with Gasteiger partial charge in [-0.25, -0.2) is 4.79 Å². The number of carbonyl (C=O) groups is 1. The molecule has 0 radical (unpaired) electrons. The van der Waals surface area contributed by atoms with Crippen LogP contribution in [0.5, 0.6) is 0 Å². The molecule has 0 bridgehead atoms. The third kappa shape index (κ3) is 1.72. The smallest absolute Gasteiger partial charge is 0.411 e. The molecular weight excluding hydrogens is 170 g/mol. The minimum atomic E-state index is -0.427. The molecule has 4 nitrogen and oxygen atoms in total. The Hall–Kier alpha value is -1.29. The molecule has 1 unspecified atom stereocenters. The van der Waals surface area contributed by atoms with Crippen molar-refractivity contribution in [1.82, 2.24) is 4.90 Å². The lowest BCUT2D eigenvalue weighted by Crippen LogP contribution is -2.42. The number of aliphatic hydroxyl groups excluding tert-OH is 1. The van der Waals surface area contributed by atoms with Gasteiger partial charge < -0.3 is 9.84 Å². The highest BCUT2D eigenvalue weighted by molar-refractivity contribution is 5.71. The van der Waals surface area contributed by atoms with Gasteiger partial charge in [0.2, 0.25) is 0 Å². The predicted molar refractivity (Wildman–Crippen MR) is 48.2 cm³/mol. The van der Waals surface area contributed by atoms with Crippen molar-refractivity contribution in [3.05, 3.63) is 25.3 Å². The van der Waals surface area contributed by atoms with E-state index >= 15 is 0 Å². The van der Waals surface area contributed by atoms with Gasteiger partial charge in [-0.05, 0) is 0 Å². The molecule has 0 spiro atoms. The molecule has 0 aromatic rings. The zero-order valence-electron chi connectivity index (χ0n) is 7.35. The van der Waals surface area contributed by atoms with E-state index in [-0.39, 0.29) is 12.6 Å². The first-order valence-corrected chi connectivity index (χ1v) is 4.05. The molecular formula is C9H13NO3. The van der Waals surface area contributed by atoms with Crippen LogP contribution in [0.1, 0.15) is 0 Å². The number of nitrogens with zero attached hydrogens (tertiary/aromatic N) is 1. The van der Waals surface area contributed by atoms with Crippen molar-refractivity contribution in [2.75, 3.05) is 13.2 Å². The quantitative estimate of drug-likeness (QED) is 0.647. The molecule has 1 saturated heterocycles. The Morgan fingerprint density at radius 3 is 2.92 bits per heavy atom. The van der Waals surface area contributed by atoms with E-state index in [4.69, 9.17) is 9.84 Å². The van der Waals surface area contributed by atoms with E-state index in [2.05, 4.69) is 13.2 Å². The van der Waals surface area contributed by atoms with Crippen molar-refractivity contribution >= 4 is 6.09 Å². The topological polar surface area (TPSA) is 49.8 Å². The molecule has 72 valence electrons. The highest BCUT2D eigenvalue weighted by atomic mass is 16.6. The second-order valence-electron chi connectivity index (χ2n) is 2.77. The van der Waals surface area contributed by atoms with E-state index in [1.54, 1.807) is 6.08 Å². The first-order valence-electron chi connectivity index (χ1n) is 4.05. The maximum atomic E-state index is 11.2. The molecule has 1 rings (SSSR count). The largest absolute Gasteiger partial charge is 0.447 e. The first kappa shape index (κ1) is 9.80. The van der Waals surface area contributed by atoms with E-state index in [0.29, 0.717) is 6.61 Å². The van der Waals surface area contributed by atoms with Crippen LogP contribution in [0.25, 0.3) is 0 Å². The minimum Gasteiger partial charge on any atom is -0.447 e. The number of amides is 1. The van der Waals surface area contributed by atoms with Crippen molar-refractivity contribution in [3.63, 3.8) is 0 Å². The van der Waals surface area contributed by atoms with Gasteiger partial charge in [-0.2, -0.15) is 0 Å². The fourth-order valence-corrected chi connectivity index (χ4v) is 1.29. The van der Waals surface area contributed by atoms with Crippen LogP contribution in [0.2, 0.25) is 0 Å². The highest BCUT2D eigenvalue weighted by Gasteiger charge is 2.34. The summed E-state index contributed by atoms with van der Waals surface area (Å²) < 4.78 is 4.81. The van der Waals surface area contributed by atoms with Crippen molar-refractivity contribution in [2.24, 2.45) is 0 Å².